The molecule has 1 N–H and O–H groups in total. The monoisotopic (exact) mass is 437 g/mol. The van der Waals surface area contributed by atoms with Crippen molar-refractivity contribution < 1.29 is 14.0 Å². The highest BCUT2D eigenvalue weighted by Crippen LogP contribution is 2.23. The van der Waals surface area contributed by atoms with Crippen LogP contribution in [0.4, 0.5) is 4.39 Å². The molecular weight excluding hydrogens is 405 g/mol. The van der Waals surface area contributed by atoms with Crippen molar-refractivity contribution in [1.29, 1.82) is 0 Å². The average Bonchev–Trinajstić information content (AvgIpc) is 3.24. The van der Waals surface area contributed by atoms with E-state index in [0.717, 1.165) is 45.3 Å². The Hall–Kier alpha value is -2.73. The van der Waals surface area contributed by atoms with Gasteiger partial charge in [-0.2, -0.15) is 0 Å². The van der Waals surface area contributed by atoms with Crippen molar-refractivity contribution in [2.45, 2.75) is 44.7 Å². The fourth-order valence-electron chi connectivity index (χ4n) is 4.80. The molecule has 0 spiro atoms. The molecule has 5 nitrogen and oxygen atoms in total. The van der Waals surface area contributed by atoms with Gasteiger partial charge < -0.3 is 10.2 Å². The number of hydrogen-bond donors (Lipinski definition) is 1. The summed E-state index contributed by atoms with van der Waals surface area (Å²) in [5.74, 6) is 0.0921. The first kappa shape index (κ1) is 22.5. The summed E-state index contributed by atoms with van der Waals surface area (Å²) in [6.07, 6.45) is 4.18. The van der Waals surface area contributed by atoms with Gasteiger partial charge >= 0.3 is 0 Å². The Labute approximate surface area is 189 Å². The molecule has 1 atom stereocenters. The molecule has 2 fully saturated rings. The van der Waals surface area contributed by atoms with Crippen molar-refractivity contribution in [3.8, 4) is 0 Å². The van der Waals surface area contributed by atoms with E-state index in [4.69, 9.17) is 0 Å². The van der Waals surface area contributed by atoms with Crippen LogP contribution in [0.2, 0.25) is 0 Å². The minimum absolute atomic E-state index is 0.109. The van der Waals surface area contributed by atoms with Gasteiger partial charge in [0.2, 0.25) is 5.91 Å². The number of likely N-dealkylation sites (tertiary alicyclic amines) is 2. The lowest BCUT2D eigenvalue weighted by Gasteiger charge is -2.32. The first-order chi connectivity index (χ1) is 15.6. The van der Waals surface area contributed by atoms with Crippen LogP contribution in [-0.4, -0.2) is 53.8 Å². The maximum absolute atomic E-state index is 13.4. The molecule has 2 saturated heterocycles. The summed E-state index contributed by atoms with van der Waals surface area (Å²) >= 11 is 0. The lowest BCUT2D eigenvalue weighted by molar-refractivity contribution is -0.122. The summed E-state index contributed by atoms with van der Waals surface area (Å²) in [5, 5.41) is 3.21. The summed E-state index contributed by atoms with van der Waals surface area (Å²) in [6.45, 7) is 4.18. The molecule has 0 unspecified atom stereocenters. The van der Waals surface area contributed by atoms with E-state index in [2.05, 4.69) is 34.5 Å². The molecule has 0 radical (unpaired) electrons. The zero-order chi connectivity index (χ0) is 22.3. The first-order valence-corrected chi connectivity index (χ1v) is 11.7. The predicted molar refractivity (Wildman–Crippen MR) is 123 cm³/mol. The molecule has 0 bridgehead atoms. The predicted octanol–water partition coefficient (Wildman–Crippen LogP) is 3.85. The molecule has 2 aliphatic heterocycles. The number of amides is 2. The van der Waals surface area contributed by atoms with E-state index in [1.165, 1.54) is 17.7 Å². The molecule has 2 aliphatic rings. The molecule has 0 saturated carbocycles. The van der Waals surface area contributed by atoms with E-state index in [1.807, 2.05) is 6.07 Å². The number of carbonyl (C=O) groups is 2. The molecule has 2 heterocycles. The number of rotatable bonds is 7. The molecule has 2 amide bonds. The van der Waals surface area contributed by atoms with Gasteiger partial charge in [0, 0.05) is 50.7 Å². The van der Waals surface area contributed by atoms with Gasteiger partial charge in [-0.25, -0.2) is 4.39 Å². The van der Waals surface area contributed by atoms with Crippen molar-refractivity contribution in [2.75, 3.05) is 26.2 Å². The summed E-state index contributed by atoms with van der Waals surface area (Å²) in [6, 6.07) is 16.5. The van der Waals surface area contributed by atoms with E-state index in [1.54, 1.807) is 17.0 Å². The smallest absolute Gasteiger partial charge is 0.253 e. The summed E-state index contributed by atoms with van der Waals surface area (Å²) < 4.78 is 13.4. The van der Waals surface area contributed by atoms with Gasteiger partial charge in [0.15, 0.2) is 0 Å². The Kier molecular flexibility index (Phi) is 7.53. The van der Waals surface area contributed by atoms with Gasteiger partial charge in [0.1, 0.15) is 5.82 Å². The Morgan fingerprint density at radius 1 is 0.969 bits per heavy atom. The highest BCUT2D eigenvalue weighted by atomic mass is 19.1. The van der Waals surface area contributed by atoms with Crippen LogP contribution in [0, 0.1) is 11.7 Å². The second-order valence-electron chi connectivity index (χ2n) is 9.06. The lowest BCUT2D eigenvalue weighted by atomic mass is 9.91. The van der Waals surface area contributed by atoms with E-state index in [9.17, 15) is 14.0 Å². The number of nitrogens with one attached hydrogen (secondary N) is 1. The fraction of sp³-hybridized carbons (Fsp3) is 0.462. The second-order valence-corrected chi connectivity index (χ2v) is 9.06. The maximum Gasteiger partial charge on any atom is 0.253 e. The lowest BCUT2D eigenvalue weighted by Crippen LogP contribution is -2.39. The number of halogens is 1. The number of nitrogens with zero attached hydrogens (tertiary/aromatic N) is 2. The van der Waals surface area contributed by atoms with Gasteiger partial charge in [0.05, 0.1) is 0 Å². The Bertz CT molecular complexity index is 912. The molecule has 0 aromatic heterocycles. The zero-order valence-electron chi connectivity index (χ0n) is 18.5. The third-order valence-electron chi connectivity index (χ3n) is 6.64. The van der Waals surface area contributed by atoms with Crippen LogP contribution in [0.1, 0.15) is 48.0 Å². The Balaban J connectivity index is 1.14. The molecule has 32 heavy (non-hydrogen) atoms. The maximum atomic E-state index is 13.4. The molecule has 2 aromatic carbocycles. The first-order valence-electron chi connectivity index (χ1n) is 11.7. The van der Waals surface area contributed by atoms with Gasteiger partial charge in [-0.15, -0.1) is 0 Å². The molecule has 0 aliphatic carbocycles. The van der Waals surface area contributed by atoms with Crippen LogP contribution >= 0.6 is 0 Å². The summed E-state index contributed by atoms with van der Waals surface area (Å²) in [7, 11) is 0. The third kappa shape index (κ3) is 6.16. The van der Waals surface area contributed by atoms with Crippen LogP contribution in [0.3, 0.4) is 0 Å². The van der Waals surface area contributed by atoms with E-state index in [0.29, 0.717) is 31.0 Å². The van der Waals surface area contributed by atoms with E-state index in [-0.39, 0.29) is 23.7 Å². The van der Waals surface area contributed by atoms with Crippen LogP contribution in [0.15, 0.2) is 54.6 Å². The number of carbonyl (C=O) groups excluding carboxylic acids is 2. The van der Waals surface area contributed by atoms with Gasteiger partial charge in [0.25, 0.3) is 5.91 Å². The summed E-state index contributed by atoms with van der Waals surface area (Å²) in [4.78, 5) is 29.2. The van der Waals surface area contributed by atoms with E-state index < -0.39 is 0 Å². The van der Waals surface area contributed by atoms with Crippen molar-refractivity contribution in [2.24, 2.45) is 5.92 Å². The van der Waals surface area contributed by atoms with Gasteiger partial charge in [-0.05, 0) is 55.4 Å². The number of hydrogen-bond acceptors (Lipinski definition) is 3. The molecule has 4 rings (SSSR count). The Morgan fingerprint density at radius 3 is 2.50 bits per heavy atom. The van der Waals surface area contributed by atoms with Crippen molar-refractivity contribution in [3.05, 3.63) is 71.5 Å². The Morgan fingerprint density at radius 2 is 1.75 bits per heavy atom. The third-order valence-corrected chi connectivity index (χ3v) is 6.64. The van der Waals surface area contributed by atoms with Crippen LogP contribution in [0.5, 0.6) is 0 Å². The van der Waals surface area contributed by atoms with Crippen molar-refractivity contribution in [3.63, 3.8) is 0 Å². The average molecular weight is 438 g/mol. The second kappa shape index (κ2) is 10.7. The van der Waals surface area contributed by atoms with Crippen LogP contribution in [-0.2, 0) is 11.3 Å². The molecule has 6 heteroatoms. The minimum atomic E-state index is -0.387. The minimum Gasteiger partial charge on any atom is -0.352 e. The van der Waals surface area contributed by atoms with Crippen molar-refractivity contribution in [1.82, 2.24) is 15.1 Å². The quantitative estimate of drug-likeness (QED) is 0.716. The number of piperidine rings is 1. The zero-order valence-corrected chi connectivity index (χ0v) is 18.5. The van der Waals surface area contributed by atoms with Crippen molar-refractivity contribution >= 4 is 11.8 Å². The van der Waals surface area contributed by atoms with Crippen LogP contribution in [0.25, 0.3) is 0 Å². The fourth-order valence-corrected chi connectivity index (χ4v) is 4.80. The van der Waals surface area contributed by atoms with E-state index >= 15 is 0 Å². The molecule has 2 aromatic rings. The summed E-state index contributed by atoms with van der Waals surface area (Å²) in [5.41, 5.74) is 1.71. The molecule has 170 valence electrons. The largest absolute Gasteiger partial charge is 0.352 e. The molecular formula is C26H32FN3O2. The highest BCUT2D eigenvalue weighted by Gasteiger charge is 2.26. The SMILES string of the molecule is O=C(CCC1CCN(C(=O)c2cccc(F)c2)CC1)N[C@@H]1CCN(Cc2ccccc2)C1. The van der Waals surface area contributed by atoms with Crippen LogP contribution < -0.4 is 5.32 Å². The van der Waals surface area contributed by atoms with Gasteiger partial charge in [-0.1, -0.05) is 36.4 Å². The standard InChI is InChI=1S/C26H32FN3O2/c27-23-8-4-7-22(17-23)26(32)30-15-11-20(12-16-30)9-10-25(31)28-24-13-14-29(19-24)18-21-5-2-1-3-6-21/h1-8,17,20,24H,9-16,18-19H2,(H,28,31)/t24-/m1/s1. The topological polar surface area (TPSA) is 52.7 Å². The normalized spacial score (nSPS) is 19.8. The number of benzene rings is 2. The highest BCUT2D eigenvalue weighted by molar-refractivity contribution is 5.94. The van der Waals surface area contributed by atoms with Gasteiger partial charge in [-0.3, -0.25) is 14.5 Å².